The number of amides is 2. The maximum absolute atomic E-state index is 14.0. The topological polar surface area (TPSA) is 79.9 Å². The van der Waals surface area contributed by atoms with Gasteiger partial charge in [0.2, 0.25) is 11.8 Å². The van der Waals surface area contributed by atoms with Gasteiger partial charge in [0.05, 0.1) is 11.2 Å². The zero-order valence-corrected chi connectivity index (χ0v) is 24.4. The van der Waals surface area contributed by atoms with Gasteiger partial charge in [0, 0.05) is 37.7 Å². The second kappa shape index (κ2) is 11.0. The van der Waals surface area contributed by atoms with Gasteiger partial charge in [-0.3, -0.25) is 9.59 Å². The monoisotopic (exact) mass is 513 g/mol. The third-order valence-corrected chi connectivity index (χ3v) is 8.33. The minimum Gasteiger partial charge on any atom is -0.403 e. The highest BCUT2D eigenvalue weighted by atomic mass is 16.7. The normalized spacial score (nSPS) is 27.0. The highest BCUT2D eigenvalue weighted by Crippen LogP contribution is 2.43. The Labute approximate surface area is 224 Å². The molecule has 1 saturated carbocycles. The zero-order valence-electron chi connectivity index (χ0n) is 24.4. The standard InChI is InChI=1S/C29H48BN3O4/c1-21(34)31-29(25(35)32-26(2,3)4)19-22(17-18-30-36-27(5,6)28(7,8)37-30)15-16-23(29)20-33(9)24-13-11-10-12-14-24/h10-14,22-23H,15-20H2,1-9H3,(H,31,34)(H,32,35)/t22-,23-,29+/m0/s1. The first-order valence-electron chi connectivity index (χ1n) is 13.8. The third kappa shape index (κ3) is 7.08. The summed E-state index contributed by atoms with van der Waals surface area (Å²) in [5.74, 6) is -0.0306. The summed E-state index contributed by atoms with van der Waals surface area (Å²) in [4.78, 5) is 28.7. The minimum absolute atomic E-state index is 0.0305. The van der Waals surface area contributed by atoms with E-state index >= 15 is 0 Å². The molecular formula is C29H48BN3O4. The first-order valence-corrected chi connectivity index (χ1v) is 13.8. The van der Waals surface area contributed by atoms with Crippen molar-refractivity contribution in [1.82, 2.24) is 10.6 Å². The summed E-state index contributed by atoms with van der Waals surface area (Å²) in [6.07, 6.45) is 4.09. The smallest absolute Gasteiger partial charge is 0.403 e. The Hall–Kier alpha value is -2.06. The summed E-state index contributed by atoms with van der Waals surface area (Å²) in [5.41, 5.74) is -1.01. The Bertz CT molecular complexity index is 930. The van der Waals surface area contributed by atoms with Crippen LogP contribution in [0.4, 0.5) is 5.69 Å². The Balaban J connectivity index is 1.83. The number of rotatable bonds is 8. The predicted molar refractivity (Wildman–Crippen MR) is 150 cm³/mol. The Morgan fingerprint density at radius 2 is 1.65 bits per heavy atom. The Morgan fingerprint density at radius 3 is 2.19 bits per heavy atom. The molecule has 0 unspecified atom stereocenters. The molecular weight excluding hydrogens is 465 g/mol. The summed E-state index contributed by atoms with van der Waals surface area (Å²) in [5, 5.41) is 6.36. The number of nitrogens with one attached hydrogen (secondary N) is 2. The van der Waals surface area contributed by atoms with Crippen LogP contribution in [0, 0.1) is 11.8 Å². The van der Waals surface area contributed by atoms with E-state index in [0.717, 1.165) is 31.3 Å². The van der Waals surface area contributed by atoms with Gasteiger partial charge in [0.1, 0.15) is 5.54 Å². The molecule has 7 nitrogen and oxygen atoms in total. The van der Waals surface area contributed by atoms with Crippen LogP contribution in [-0.2, 0) is 18.9 Å². The van der Waals surface area contributed by atoms with Gasteiger partial charge in [-0.05, 0) is 92.1 Å². The summed E-state index contributed by atoms with van der Waals surface area (Å²) < 4.78 is 12.5. The molecule has 206 valence electrons. The molecule has 2 amide bonds. The molecule has 0 radical (unpaired) electrons. The molecule has 2 fully saturated rings. The van der Waals surface area contributed by atoms with Gasteiger partial charge < -0.3 is 24.8 Å². The van der Waals surface area contributed by atoms with Crippen molar-refractivity contribution in [3.8, 4) is 0 Å². The van der Waals surface area contributed by atoms with Gasteiger partial charge in [-0.25, -0.2) is 0 Å². The SMILES string of the molecule is CC(=O)N[C@]1(C(=O)NC(C)(C)C)C[C@H](CCB2OC(C)(C)C(C)(C)O2)CC[C@H]1CN(C)c1ccccc1. The average molecular weight is 514 g/mol. The van der Waals surface area contributed by atoms with Crippen LogP contribution in [0.5, 0.6) is 0 Å². The van der Waals surface area contributed by atoms with Crippen molar-refractivity contribution in [1.29, 1.82) is 0 Å². The largest absolute Gasteiger partial charge is 0.457 e. The van der Waals surface area contributed by atoms with Crippen LogP contribution in [0.25, 0.3) is 0 Å². The number of hydrogen-bond acceptors (Lipinski definition) is 5. The van der Waals surface area contributed by atoms with Crippen LogP contribution in [0.2, 0.25) is 6.32 Å². The fourth-order valence-corrected chi connectivity index (χ4v) is 5.73. The lowest BCUT2D eigenvalue weighted by atomic mass is 9.64. The number of nitrogens with zero attached hydrogens (tertiary/aromatic N) is 1. The second-order valence-corrected chi connectivity index (χ2v) is 13.2. The molecule has 8 heteroatoms. The lowest BCUT2D eigenvalue weighted by molar-refractivity contribution is -0.139. The van der Waals surface area contributed by atoms with Gasteiger partial charge in [-0.15, -0.1) is 0 Å². The molecule has 1 aliphatic heterocycles. The molecule has 1 aromatic carbocycles. The number of anilines is 1. The molecule has 3 rings (SSSR count). The van der Waals surface area contributed by atoms with Crippen LogP contribution >= 0.6 is 0 Å². The molecule has 0 bridgehead atoms. The molecule has 1 aliphatic carbocycles. The summed E-state index contributed by atoms with van der Waals surface area (Å²) >= 11 is 0. The van der Waals surface area contributed by atoms with Gasteiger partial charge in [-0.2, -0.15) is 0 Å². The van der Waals surface area contributed by atoms with Crippen molar-refractivity contribution in [3.63, 3.8) is 0 Å². The maximum Gasteiger partial charge on any atom is 0.457 e. The van der Waals surface area contributed by atoms with E-state index in [1.807, 2.05) is 39.0 Å². The zero-order chi connectivity index (χ0) is 27.6. The lowest BCUT2D eigenvalue weighted by Crippen LogP contribution is -2.68. The van der Waals surface area contributed by atoms with Crippen molar-refractivity contribution >= 4 is 24.6 Å². The van der Waals surface area contributed by atoms with Crippen molar-refractivity contribution in [2.75, 3.05) is 18.5 Å². The van der Waals surface area contributed by atoms with Crippen molar-refractivity contribution < 1.29 is 18.9 Å². The number of para-hydroxylation sites is 1. The molecule has 2 N–H and O–H groups in total. The first kappa shape index (κ1) is 29.5. The first-order chi connectivity index (χ1) is 17.0. The number of hydrogen-bond donors (Lipinski definition) is 2. The highest BCUT2D eigenvalue weighted by Gasteiger charge is 2.53. The predicted octanol–water partition coefficient (Wildman–Crippen LogP) is 4.81. The van der Waals surface area contributed by atoms with Crippen LogP contribution in [0.3, 0.4) is 0 Å². The van der Waals surface area contributed by atoms with E-state index in [-0.39, 0.29) is 42.0 Å². The van der Waals surface area contributed by atoms with Crippen molar-refractivity contribution in [3.05, 3.63) is 30.3 Å². The fraction of sp³-hybridized carbons (Fsp3) is 0.724. The number of carbonyl (C=O) groups is 2. The molecule has 3 atom stereocenters. The van der Waals surface area contributed by atoms with Gasteiger partial charge >= 0.3 is 7.12 Å². The Kier molecular flexibility index (Phi) is 8.75. The number of benzene rings is 1. The highest BCUT2D eigenvalue weighted by molar-refractivity contribution is 6.45. The molecule has 1 heterocycles. The molecule has 1 saturated heterocycles. The van der Waals surface area contributed by atoms with Gasteiger partial charge in [-0.1, -0.05) is 24.6 Å². The van der Waals surface area contributed by atoms with Crippen LogP contribution in [0.1, 0.15) is 81.1 Å². The average Bonchev–Trinajstić information content (AvgIpc) is 2.98. The van der Waals surface area contributed by atoms with E-state index in [1.54, 1.807) is 0 Å². The molecule has 0 aromatic heterocycles. The lowest BCUT2D eigenvalue weighted by Gasteiger charge is -2.48. The van der Waals surface area contributed by atoms with Crippen LogP contribution in [-0.4, -0.2) is 54.8 Å². The molecule has 1 aromatic rings. The van der Waals surface area contributed by atoms with Gasteiger partial charge in [0.25, 0.3) is 0 Å². The summed E-state index contributed by atoms with van der Waals surface area (Å²) in [7, 11) is 1.80. The van der Waals surface area contributed by atoms with E-state index in [1.165, 1.54) is 6.92 Å². The van der Waals surface area contributed by atoms with E-state index in [4.69, 9.17) is 9.31 Å². The molecule has 0 spiro atoms. The second-order valence-electron chi connectivity index (χ2n) is 13.2. The van der Waals surface area contributed by atoms with Crippen LogP contribution in [0.15, 0.2) is 30.3 Å². The number of carbonyl (C=O) groups excluding carboxylic acids is 2. The minimum atomic E-state index is -0.985. The fourth-order valence-electron chi connectivity index (χ4n) is 5.73. The van der Waals surface area contributed by atoms with E-state index < -0.39 is 11.1 Å². The van der Waals surface area contributed by atoms with Crippen molar-refractivity contribution in [2.24, 2.45) is 11.8 Å². The van der Waals surface area contributed by atoms with Crippen LogP contribution < -0.4 is 15.5 Å². The van der Waals surface area contributed by atoms with E-state index in [0.29, 0.717) is 13.0 Å². The molecule has 37 heavy (non-hydrogen) atoms. The maximum atomic E-state index is 14.0. The quantitative estimate of drug-likeness (QED) is 0.488. The third-order valence-electron chi connectivity index (χ3n) is 8.33. The van der Waals surface area contributed by atoms with E-state index in [2.05, 4.69) is 62.4 Å². The van der Waals surface area contributed by atoms with Gasteiger partial charge in [0.15, 0.2) is 0 Å². The van der Waals surface area contributed by atoms with Crippen molar-refractivity contribution in [2.45, 2.75) is 110 Å². The van der Waals surface area contributed by atoms with E-state index in [9.17, 15) is 9.59 Å². The molecule has 2 aliphatic rings. The Morgan fingerprint density at radius 1 is 1.05 bits per heavy atom. The summed E-state index contributed by atoms with van der Waals surface area (Å²) in [6, 6.07) is 10.2. The summed E-state index contributed by atoms with van der Waals surface area (Å²) in [6.45, 7) is 16.4.